The summed E-state index contributed by atoms with van der Waals surface area (Å²) in [6.07, 6.45) is 0. The van der Waals surface area contributed by atoms with Crippen molar-refractivity contribution in [3.63, 3.8) is 0 Å². The van der Waals surface area contributed by atoms with Crippen LogP contribution in [0.5, 0.6) is 0 Å². The largest absolute Gasteiger partial charge is 0.457 e. The summed E-state index contributed by atoms with van der Waals surface area (Å²) in [7, 11) is 0. The first kappa shape index (κ1) is 14.8. The van der Waals surface area contributed by atoms with Crippen molar-refractivity contribution in [1.29, 1.82) is 0 Å². The average Bonchev–Trinajstić information content (AvgIpc) is 3.00. The van der Waals surface area contributed by atoms with Gasteiger partial charge in [0, 0.05) is 22.0 Å². The Labute approximate surface area is 134 Å². The summed E-state index contributed by atoms with van der Waals surface area (Å²) >= 11 is 7.42. The van der Waals surface area contributed by atoms with Gasteiger partial charge in [0.15, 0.2) is 0 Å². The number of hydrogen-bond acceptors (Lipinski definition) is 5. The molecule has 0 radical (unpaired) electrons. The SMILES string of the molecule is Cc1cc2oc(=O)cc(COC(=O)c3cccs3)c2cc1Cl. The van der Waals surface area contributed by atoms with Crippen LogP contribution in [0.15, 0.2) is 44.9 Å². The molecular formula is C16H11ClO4S. The van der Waals surface area contributed by atoms with Gasteiger partial charge in [-0.3, -0.25) is 0 Å². The van der Waals surface area contributed by atoms with Crippen LogP contribution in [0.2, 0.25) is 5.02 Å². The fourth-order valence-corrected chi connectivity index (χ4v) is 2.86. The number of carbonyl (C=O) groups excluding carboxylic acids is 1. The number of esters is 1. The van der Waals surface area contributed by atoms with Crippen LogP contribution in [0.25, 0.3) is 11.0 Å². The van der Waals surface area contributed by atoms with Crippen molar-refractivity contribution >= 4 is 39.9 Å². The monoisotopic (exact) mass is 334 g/mol. The van der Waals surface area contributed by atoms with Crippen molar-refractivity contribution in [2.45, 2.75) is 13.5 Å². The Kier molecular flexibility index (Phi) is 4.00. The summed E-state index contributed by atoms with van der Waals surface area (Å²) in [5.41, 5.74) is 1.32. The van der Waals surface area contributed by atoms with E-state index in [1.807, 2.05) is 6.92 Å². The van der Waals surface area contributed by atoms with Gasteiger partial charge in [-0.2, -0.15) is 0 Å². The number of aryl methyl sites for hydroxylation is 1. The molecule has 4 nitrogen and oxygen atoms in total. The van der Waals surface area contributed by atoms with Gasteiger partial charge in [-0.05, 0) is 36.1 Å². The molecule has 0 aliphatic carbocycles. The van der Waals surface area contributed by atoms with Crippen LogP contribution in [-0.2, 0) is 11.3 Å². The minimum Gasteiger partial charge on any atom is -0.457 e. The van der Waals surface area contributed by atoms with E-state index in [2.05, 4.69) is 0 Å². The highest BCUT2D eigenvalue weighted by Gasteiger charge is 2.12. The number of thiophene rings is 1. The van der Waals surface area contributed by atoms with Gasteiger partial charge < -0.3 is 9.15 Å². The molecule has 0 N–H and O–H groups in total. The second-order valence-electron chi connectivity index (χ2n) is 4.74. The van der Waals surface area contributed by atoms with Crippen molar-refractivity contribution in [3.05, 3.63) is 67.2 Å². The molecular weight excluding hydrogens is 324 g/mol. The fourth-order valence-electron chi connectivity index (χ4n) is 2.08. The lowest BCUT2D eigenvalue weighted by Crippen LogP contribution is -2.07. The predicted molar refractivity (Wildman–Crippen MR) is 85.7 cm³/mol. The number of ether oxygens (including phenoxy) is 1. The van der Waals surface area contributed by atoms with Crippen molar-refractivity contribution < 1.29 is 13.9 Å². The molecule has 112 valence electrons. The normalized spacial score (nSPS) is 10.8. The maximum atomic E-state index is 11.9. The molecule has 2 aromatic heterocycles. The lowest BCUT2D eigenvalue weighted by atomic mass is 10.1. The lowest BCUT2D eigenvalue weighted by Gasteiger charge is -2.08. The summed E-state index contributed by atoms with van der Waals surface area (Å²) < 4.78 is 10.4. The minimum atomic E-state index is -0.489. The Balaban J connectivity index is 1.94. The molecule has 3 rings (SSSR count). The van der Waals surface area contributed by atoms with Crippen LogP contribution in [0.3, 0.4) is 0 Å². The molecule has 6 heteroatoms. The summed E-state index contributed by atoms with van der Waals surface area (Å²) in [4.78, 5) is 24.0. The van der Waals surface area contributed by atoms with E-state index in [1.54, 1.807) is 29.6 Å². The van der Waals surface area contributed by atoms with Crippen molar-refractivity contribution in [2.75, 3.05) is 0 Å². The number of rotatable bonds is 3. The highest BCUT2D eigenvalue weighted by Crippen LogP contribution is 2.25. The second kappa shape index (κ2) is 5.94. The molecule has 3 aromatic rings. The molecule has 22 heavy (non-hydrogen) atoms. The lowest BCUT2D eigenvalue weighted by molar-refractivity contribution is 0.0479. The first-order valence-electron chi connectivity index (χ1n) is 6.48. The number of benzene rings is 1. The smallest absolute Gasteiger partial charge is 0.348 e. The van der Waals surface area contributed by atoms with Crippen molar-refractivity contribution in [3.8, 4) is 0 Å². The van der Waals surface area contributed by atoms with Crippen molar-refractivity contribution in [2.24, 2.45) is 0 Å². The van der Waals surface area contributed by atoms with Crippen LogP contribution in [0, 0.1) is 6.92 Å². The Morgan fingerprint density at radius 1 is 1.36 bits per heavy atom. The minimum absolute atomic E-state index is 0.0157. The maximum Gasteiger partial charge on any atom is 0.348 e. The van der Waals surface area contributed by atoms with Gasteiger partial charge in [-0.25, -0.2) is 9.59 Å². The number of carbonyl (C=O) groups is 1. The maximum absolute atomic E-state index is 11.9. The van der Waals surface area contributed by atoms with Gasteiger partial charge in [0.25, 0.3) is 0 Å². The predicted octanol–water partition coefficient (Wildman–Crippen LogP) is 4.17. The Morgan fingerprint density at radius 2 is 2.18 bits per heavy atom. The number of hydrogen-bond donors (Lipinski definition) is 0. The van der Waals surface area contributed by atoms with E-state index in [9.17, 15) is 9.59 Å². The quantitative estimate of drug-likeness (QED) is 0.532. The molecule has 2 heterocycles. The molecule has 0 fully saturated rings. The highest BCUT2D eigenvalue weighted by molar-refractivity contribution is 7.11. The van der Waals surface area contributed by atoms with Crippen LogP contribution in [0.4, 0.5) is 0 Å². The van der Waals surface area contributed by atoms with Crippen LogP contribution in [0.1, 0.15) is 20.8 Å². The van der Waals surface area contributed by atoms with Gasteiger partial charge >= 0.3 is 11.6 Å². The Hall–Kier alpha value is -2.11. The number of fused-ring (bicyclic) bond motifs is 1. The standard InChI is InChI=1S/C16H11ClO4S/c1-9-5-13-11(7-12(9)17)10(6-15(18)21-13)8-20-16(19)14-3-2-4-22-14/h2-7H,8H2,1H3. The average molecular weight is 335 g/mol. The van der Waals surface area contributed by atoms with Crippen LogP contribution in [-0.4, -0.2) is 5.97 Å². The van der Waals surface area contributed by atoms with E-state index >= 15 is 0 Å². The third-order valence-electron chi connectivity index (χ3n) is 3.19. The molecule has 0 amide bonds. The Bertz CT molecular complexity index is 896. The topological polar surface area (TPSA) is 56.5 Å². The zero-order chi connectivity index (χ0) is 15.7. The van der Waals surface area contributed by atoms with E-state index in [0.717, 1.165) is 5.56 Å². The van der Waals surface area contributed by atoms with E-state index in [1.165, 1.54) is 17.4 Å². The van der Waals surface area contributed by atoms with Crippen LogP contribution >= 0.6 is 22.9 Å². The molecule has 0 aliphatic rings. The van der Waals surface area contributed by atoms with Gasteiger partial charge in [0.05, 0.1) is 0 Å². The Morgan fingerprint density at radius 3 is 2.91 bits per heavy atom. The van der Waals surface area contributed by atoms with E-state index in [0.29, 0.717) is 26.4 Å². The summed E-state index contributed by atoms with van der Waals surface area (Å²) in [6.45, 7) is 1.81. The molecule has 1 aromatic carbocycles. The molecule has 0 saturated carbocycles. The van der Waals surface area contributed by atoms with E-state index < -0.39 is 11.6 Å². The first-order valence-corrected chi connectivity index (χ1v) is 7.74. The van der Waals surface area contributed by atoms with Gasteiger partial charge in [0.1, 0.15) is 17.1 Å². The molecule has 0 aliphatic heterocycles. The second-order valence-corrected chi connectivity index (χ2v) is 6.10. The fraction of sp³-hybridized carbons (Fsp3) is 0.125. The highest BCUT2D eigenvalue weighted by atomic mass is 35.5. The molecule has 0 spiro atoms. The zero-order valence-corrected chi connectivity index (χ0v) is 13.2. The number of halogens is 1. The van der Waals surface area contributed by atoms with E-state index in [4.69, 9.17) is 20.8 Å². The molecule has 0 unspecified atom stereocenters. The third kappa shape index (κ3) is 2.91. The van der Waals surface area contributed by atoms with Crippen molar-refractivity contribution in [1.82, 2.24) is 0 Å². The summed E-state index contributed by atoms with van der Waals surface area (Å²) in [5.74, 6) is -0.422. The molecule has 0 saturated heterocycles. The third-order valence-corrected chi connectivity index (χ3v) is 4.45. The first-order chi connectivity index (χ1) is 10.5. The van der Waals surface area contributed by atoms with Gasteiger partial charge in [0.2, 0.25) is 0 Å². The van der Waals surface area contributed by atoms with Gasteiger partial charge in [-0.15, -0.1) is 11.3 Å². The summed E-state index contributed by atoms with van der Waals surface area (Å²) in [6, 6.07) is 8.18. The van der Waals surface area contributed by atoms with Crippen LogP contribution < -0.4 is 5.63 Å². The van der Waals surface area contributed by atoms with E-state index in [-0.39, 0.29) is 6.61 Å². The van der Waals surface area contributed by atoms with Gasteiger partial charge in [-0.1, -0.05) is 17.7 Å². The summed E-state index contributed by atoms with van der Waals surface area (Å²) in [5, 5.41) is 3.02. The molecule has 0 atom stereocenters. The molecule has 0 bridgehead atoms. The zero-order valence-electron chi connectivity index (χ0n) is 11.6.